The number of aromatic nitrogens is 1. The van der Waals surface area contributed by atoms with Gasteiger partial charge in [0.05, 0.1) is 28.1 Å². The maximum absolute atomic E-state index is 13.5. The van der Waals surface area contributed by atoms with Gasteiger partial charge in [-0.1, -0.05) is 11.3 Å². The molecule has 1 atom stereocenters. The number of carbonyl (C=O) groups excluding carboxylic acids is 1. The number of thiazole rings is 1. The van der Waals surface area contributed by atoms with Gasteiger partial charge >= 0.3 is 0 Å². The lowest BCUT2D eigenvalue weighted by Crippen LogP contribution is -2.42. The molecule has 0 aliphatic carbocycles. The highest BCUT2D eigenvalue weighted by atomic mass is 32.2. The van der Waals surface area contributed by atoms with Crippen molar-refractivity contribution in [2.45, 2.75) is 17.7 Å². The van der Waals surface area contributed by atoms with Crippen LogP contribution < -0.4 is 9.54 Å². The molecule has 3 aromatic rings. The number of rotatable bonds is 4. The Morgan fingerprint density at radius 2 is 1.97 bits per heavy atom. The summed E-state index contributed by atoms with van der Waals surface area (Å²) < 4.78 is 48.4. The van der Waals surface area contributed by atoms with Crippen LogP contribution in [0.25, 0.3) is 10.2 Å². The van der Waals surface area contributed by atoms with Gasteiger partial charge in [-0.05, 0) is 55.3 Å². The van der Waals surface area contributed by atoms with Crippen LogP contribution in [0.3, 0.4) is 0 Å². The summed E-state index contributed by atoms with van der Waals surface area (Å²) in [6.07, 6.45) is 1.14. The molecule has 31 heavy (non-hydrogen) atoms. The van der Waals surface area contributed by atoms with Gasteiger partial charge in [-0.25, -0.2) is 12.8 Å². The molecule has 10 heteroatoms. The molecule has 2 heterocycles. The predicted molar refractivity (Wildman–Crippen MR) is 116 cm³/mol. The Kier molecular flexibility index (Phi) is 5.96. The Morgan fingerprint density at radius 3 is 2.68 bits per heavy atom. The third-order valence-corrected chi connectivity index (χ3v) is 8.38. The largest absolute Gasteiger partial charge is 0.497 e. The van der Waals surface area contributed by atoms with E-state index in [1.165, 1.54) is 47.0 Å². The van der Waals surface area contributed by atoms with Crippen LogP contribution in [0.15, 0.2) is 52.4 Å². The monoisotopic (exact) mass is 463 g/mol. The summed E-state index contributed by atoms with van der Waals surface area (Å²) in [6.45, 7) is 0.439. The molecule has 1 aromatic heterocycles. The first-order valence-corrected chi connectivity index (χ1v) is 12.0. The van der Waals surface area contributed by atoms with E-state index >= 15 is 0 Å². The summed E-state index contributed by atoms with van der Waals surface area (Å²) in [5.41, 5.74) is 0.783. The summed E-state index contributed by atoms with van der Waals surface area (Å²) >= 11 is 1.23. The van der Waals surface area contributed by atoms with E-state index in [1.54, 1.807) is 29.8 Å². The standard InChI is InChI=1S/C21H22FN3O4S2/c1-24-18-10-5-15(22)12-19(18)30-21(24)23-20(26)14-4-3-11-25(13-14)31(27,28)17-8-6-16(29-2)7-9-17/h5-10,12,14H,3-4,11,13H2,1-2H3. The zero-order chi connectivity index (χ0) is 22.2. The van der Waals surface area contributed by atoms with Crippen LogP contribution in [0, 0.1) is 11.7 Å². The van der Waals surface area contributed by atoms with E-state index in [1.807, 2.05) is 0 Å². The predicted octanol–water partition coefficient (Wildman–Crippen LogP) is 2.92. The fourth-order valence-corrected chi connectivity index (χ4v) is 6.23. The molecule has 1 saturated heterocycles. The van der Waals surface area contributed by atoms with Crippen LogP contribution in [-0.4, -0.2) is 43.4 Å². The number of sulfonamides is 1. The second-order valence-electron chi connectivity index (χ2n) is 7.38. The number of aryl methyl sites for hydroxylation is 1. The first-order chi connectivity index (χ1) is 14.8. The van der Waals surface area contributed by atoms with Crippen LogP contribution in [0.4, 0.5) is 4.39 Å². The topological polar surface area (TPSA) is 81.0 Å². The molecule has 0 radical (unpaired) electrons. The number of hydrogen-bond acceptors (Lipinski definition) is 5. The van der Waals surface area contributed by atoms with Gasteiger partial charge in [-0.3, -0.25) is 4.79 Å². The van der Waals surface area contributed by atoms with E-state index in [0.29, 0.717) is 34.6 Å². The Morgan fingerprint density at radius 1 is 1.23 bits per heavy atom. The fraction of sp³-hybridized carbons (Fsp3) is 0.333. The molecule has 1 amide bonds. The quantitative estimate of drug-likeness (QED) is 0.596. The van der Waals surface area contributed by atoms with Crippen molar-refractivity contribution in [3.63, 3.8) is 0 Å². The molecule has 0 N–H and O–H groups in total. The molecular weight excluding hydrogens is 441 g/mol. The van der Waals surface area contributed by atoms with E-state index in [9.17, 15) is 17.6 Å². The molecule has 4 rings (SSSR count). The van der Waals surface area contributed by atoms with Crippen molar-refractivity contribution in [2.75, 3.05) is 20.2 Å². The minimum absolute atomic E-state index is 0.0833. The first kappa shape index (κ1) is 21.7. The molecule has 164 valence electrons. The van der Waals surface area contributed by atoms with E-state index < -0.39 is 15.9 Å². The molecule has 7 nitrogen and oxygen atoms in total. The Balaban J connectivity index is 1.57. The minimum Gasteiger partial charge on any atom is -0.497 e. The zero-order valence-corrected chi connectivity index (χ0v) is 18.7. The summed E-state index contributed by atoms with van der Waals surface area (Å²) in [6, 6.07) is 10.6. The summed E-state index contributed by atoms with van der Waals surface area (Å²) in [7, 11) is -0.437. The second kappa shape index (κ2) is 8.52. The Bertz CT molecular complexity index is 1300. The Labute approximate surface area is 183 Å². The van der Waals surface area contributed by atoms with E-state index in [0.717, 1.165) is 5.52 Å². The van der Waals surface area contributed by atoms with Crippen molar-refractivity contribution in [3.8, 4) is 5.75 Å². The molecule has 1 aliphatic heterocycles. The minimum atomic E-state index is -3.72. The molecule has 0 bridgehead atoms. The highest BCUT2D eigenvalue weighted by Gasteiger charge is 2.33. The van der Waals surface area contributed by atoms with Gasteiger partial charge in [-0.15, -0.1) is 0 Å². The fourth-order valence-electron chi connectivity index (χ4n) is 3.66. The summed E-state index contributed by atoms with van der Waals surface area (Å²) in [4.78, 5) is 17.7. The number of amides is 1. The van der Waals surface area contributed by atoms with Crippen LogP contribution in [0.1, 0.15) is 12.8 Å². The molecule has 1 fully saturated rings. The van der Waals surface area contributed by atoms with E-state index in [2.05, 4.69) is 4.99 Å². The van der Waals surface area contributed by atoms with Gasteiger partial charge < -0.3 is 9.30 Å². The lowest BCUT2D eigenvalue weighted by molar-refractivity contribution is -0.122. The molecule has 0 spiro atoms. The van der Waals surface area contributed by atoms with Gasteiger partial charge in [0.15, 0.2) is 4.80 Å². The number of ether oxygens (including phenoxy) is 1. The number of piperidine rings is 1. The van der Waals surface area contributed by atoms with Crippen LogP contribution in [0.2, 0.25) is 0 Å². The number of benzene rings is 2. The number of halogens is 1. The van der Waals surface area contributed by atoms with Gasteiger partial charge in [0.1, 0.15) is 11.6 Å². The van der Waals surface area contributed by atoms with Crippen molar-refractivity contribution >= 4 is 37.5 Å². The van der Waals surface area contributed by atoms with Crippen molar-refractivity contribution in [2.24, 2.45) is 18.0 Å². The number of hydrogen-bond donors (Lipinski definition) is 0. The highest BCUT2D eigenvalue weighted by molar-refractivity contribution is 7.89. The zero-order valence-electron chi connectivity index (χ0n) is 17.1. The number of fused-ring (bicyclic) bond motifs is 1. The average molecular weight is 464 g/mol. The molecule has 1 aliphatic rings. The number of methoxy groups -OCH3 is 1. The normalized spacial score (nSPS) is 18.4. The van der Waals surface area contributed by atoms with Crippen molar-refractivity contribution in [1.82, 2.24) is 8.87 Å². The van der Waals surface area contributed by atoms with E-state index in [-0.39, 0.29) is 23.2 Å². The van der Waals surface area contributed by atoms with Crippen molar-refractivity contribution < 1.29 is 22.3 Å². The lowest BCUT2D eigenvalue weighted by atomic mass is 9.99. The number of nitrogens with zero attached hydrogens (tertiary/aromatic N) is 3. The lowest BCUT2D eigenvalue weighted by Gasteiger charge is -2.30. The summed E-state index contributed by atoms with van der Waals surface area (Å²) in [5.74, 6) is -0.666. The van der Waals surface area contributed by atoms with Crippen LogP contribution in [-0.2, 0) is 21.9 Å². The van der Waals surface area contributed by atoms with Gasteiger partial charge in [-0.2, -0.15) is 9.30 Å². The molecule has 0 saturated carbocycles. The van der Waals surface area contributed by atoms with Gasteiger partial charge in [0.25, 0.3) is 5.91 Å². The Hall–Kier alpha value is -2.56. The van der Waals surface area contributed by atoms with Crippen LogP contribution >= 0.6 is 11.3 Å². The molecule has 1 unspecified atom stereocenters. The van der Waals surface area contributed by atoms with Crippen molar-refractivity contribution in [3.05, 3.63) is 53.1 Å². The smallest absolute Gasteiger partial charge is 0.252 e. The maximum atomic E-state index is 13.5. The molecule has 2 aromatic carbocycles. The SMILES string of the molecule is COc1ccc(S(=O)(=O)N2CCCC(C(=O)N=c3sc4cc(F)ccc4n3C)C2)cc1. The van der Waals surface area contributed by atoms with E-state index in [4.69, 9.17) is 4.74 Å². The highest BCUT2D eigenvalue weighted by Crippen LogP contribution is 2.26. The van der Waals surface area contributed by atoms with Gasteiger partial charge in [0, 0.05) is 20.1 Å². The van der Waals surface area contributed by atoms with Crippen LogP contribution in [0.5, 0.6) is 5.75 Å². The average Bonchev–Trinajstić information content (AvgIpc) is 3.08. The second-order valence-corrected chi connectivity index (χ2v) is 10.3. The van der Waals surface area contributed by atoms with Gasteiger partial charge in [0.2, 0.25) is 10.0 Å². The summed E-state index contributed by atoms with van der Waals surface area (Å²) in [5, 5.41) is 0. The first-order valence-electron chi connectivity index (χ1n) is 9.77. The number of carbonyl (C=O) groups is 1. The third kappa shape index (κ3) is 4.28. The van der Waals surface area contributed by atoms with Crippen molar-refractivity contribution in [1.29, 1.82) is 0 Å². The molecular formula is C21H22FN3O4S2. The maximum Gasteiger partial charge on any atom is 0.252 e. The third-order valence-electron chi connectivity index (χ3n) is 5.41.